The van der Waals surface area contributed by atoms with Gasteiger partial charge in [-0.1, -0.05) is 43.3 Å². The van der Waals surface area contributed by atoms with Crippen molar-refractivity contribution >= 4 is 34.7 Å². The van der Waals surface area contributed by atoms with Gasteiger partial charge in [0.25, 0.3) is 0 Å². The van der Waals surface area contributed by atoms with E-state index in [0.29, 0.717) is 5.75 Å². The lowest BCUT2D eigenvalue weighted by molar-refractivity contribution is -0.113. The normalized spacial score (nSPS) is 10.8. The Labute approximate surface area is 155 Å². The first-order valence-electron chi connectivity index (χ1n) is 8.12. The van der Waals surface area contributed by atoms with Crippen LogP contribution in [0.5, 0.6) is 0 Å². The first-order chi connectivity index (χ1) is 12.2. The second-order valence-corrected chi connectivity index (χ2v) is 7.52. The Morgan fingerprint density at radius 2 is 2.04 bits per heavy atom. The van der Waals surface area contributed by atoms with Gasteiger partial charge < -0.3 is 9.88 Å². The van der Waals surface area contributed by atoms with Crippen LogP contribution in [0, 0.1) is 0 Å². The van der Waals surface area contributed by atoms with E-state index in [-0.39, 0.29) is 5.91 Å². The minimum absolute atomic E-state index is 0.0473. The summed E-state index contributed by atoms with van der Waals surface area (Å²) >= 11 is 3.01. The second kappa shape index (κ2) is 8.31. The molecule has 3 rings (SSSR count). The van der Waals surface area contributed by atoms with Crippen molar-refractivity contribution in [2.45, 2.75) is 24.9 Å². The number of aromatic nitrogens is 3. The highest BCUT2D eigenvalue weighted by atomic mass is 32.2. The Balaban J connectivity index is 1.56. The first kappa shape index (κ1) is 17.7. The van der Waals surface area contributed by atoms with Gasteiger partial charge in [-0.05, 0) is 35.6 Å². The van der Waals surface area contributed by atoms with Crippen LogP contribution in [-0.2, 0) is 18.3 Å². The van der Waals surface area contributed by atoms with Gasteiger partial charge in [0.1, 0.15) is 0 Å². The highest BCUT2D eigenvalue weighted by molar-refractivity contribution is 7.99. The molecule has 5 nitrogen and oxygen atoms in total. The predicted octanol–water partition coefficient (Wildman–Crippen LogP) is 4.23. The van der Waals surface area contributed by atoms with E-state index < -0.39 is 0 Å². The van der Waals surface area contributed by atoms with Crippen molar-refractivity contribution in [3.63, 3.8) is 0 Å². The predicted molar refractivity (Wildman–Crippen MR) is 104 cm³/mol. The van der Waals surface area contributed by atoms with Crippen molar-refractivity contribution in [2.24, 2.45) is 7.05 Å². The number of thiophene rings is 1. The molecule has 0 spiro atoms. The van der Waals surface area contributed by atoms with Crippen LogP contribution in [0.4, 0.5) is 5.69 Å². The SMILES string of the molecule is CCCc1ccc(NC(=O)CSc2nnc(-c3cccs3)n2C)cc1. The number of carbonyl (C=O) groups is 1. The largest absolute Gasteiger partial charge is 0.325 e. The zero-order chi connectivity index (χ0) is 17.6. The third kappa shape index (κ3) is 4.49. The van der Waals surface area contributed by atoms with E-state index in [1.165, 1.54) is 17.3 Å². The maximum atomic E-state index is 12.2. The maximum absolute atomic E-state index is 12.2. The van der Waals surface area contributed by atoms with Crippen molar-refractivity contribution in [3.8, 4) is 10.7 Å². The molecule has 1 aromatic carbocycles. The molecule has 0 aliphatic heterocycles. The van der Waals surface area contributed by atoms with E-state index in [1.54, 1.807) is 11.3 Å². The molecule has 1 N–H and O–H groups in total. The fourth-order valence-corrected chi connectivity index (χ4v) is 3.89. The summed E-state index contributed by atoms with van der Waals surface area (Å²) in [6, 6.07) is 12.0. The zero-order valence-corrected chi connectivity index (χ0v) is 15.9. The molecule has 25 heavy (non-hydrogen) atoms. The highest BCUT2D eigenvalue weighted by Crippen LogP contribution is 2.26. The number of hydrogen-bond donors (Lipinski definition) is 1. The molecule has 2 heterocycles. The minimum atomic E-state index is -0.0473. The van der Waals surface area contributed by atoms with E-state index in [9.17, 15) is 4.79 Å². The summed E-state index contributed by atoms with van der Waals surface area (Å²) in [5, 5.41) is 14.1. The number of rotatable bonds is 7. The number of anilines is 1. The topological polar surface area (TPSA) is 59.8 Å². The van der Waals surface area contributed by atoms with Crippen LogP contribution >= 0.6 is 23.1 Å². The quantitative estimate of drug-likeness (QED) is 0.631. The number of nitrogens with zero attached hydrogens (tertiary/aromatic N) is 3. The fraction of sp³-hybridized carbons (Fsp3) is 0.278. The molecule has 0 radical (unpaired) electrons. The van der Waals surface area contributed by atoms with E-state index in [1.807, 2.05) is 41.3 Å². The Hall–Kier alpha value is -2.12. The lowest BCUT2D eigenvalue weighted by Crippen LogP contribution is -2.14. The van der Waals surface area contributed by atoms with Crippen LogP contribution in [0.25, 0.3) is 10.7 Å². The average molecular weight is 373 g/mol. The van der Waals surface area contributed by atoms with E-state index >= 15 is 0 Å². The molecule has 0 unspecified atom stereocenters. The number of carbonyl (C=O) groups excluding carboxylic acids is 1. The van der Waals surface area contributed by atoms with Crippen molar-refractivity contribution in [3.05, 3.63) is 47.3 Å². The Morgan fingerprint density at radius 1 is 1.24 bits per heavy atom. The molecule has 0 saturated heterocycles. The molecule has 0 fully saturated rings. The number of amides is 1. The molecule has 130 valence electrons. The molecule has 3 aromatic rings. The summed E-state index contributed by atoms with van der Waals surface area (Å²) in [5.41, 5.74) is 2.11. The minimum Gasteiger partial charge on any atom is -0.325 e. The lowest BCUT2D eigenvalue weighted by Gasteiger charge is -2.06. The monoisotopic (exact) mass is 372 g/mol. The van der Waals surface area contributed by atoms with Crippen LogP contribution < -0.4 is 5.32 Å². The molecule has 0 aliphatic rings. The van der Waals surface area contributed by atoms with Gasteiger partial charge in [0, 0.05) is 12.7 Å². The summed E-state index contributed by atoms with van der Waals surface area (Å²) in [5.74, 6) is 1.07. The van der Waals surface area contributed by atoms with Crippen molar-refractivity contribution in [2.75, 3.05) is 11.1 Å². The number of nitrogens with one attached hydrogen (secondary N) is 1. The van der Waals surface area contributed by atoms with Gasteiger partial charge in [-0.25, -0.2) is 0 Å². The molecule has 0 aliphatic carbocycles. The van der Waals surface area contributed by atoms with E-state index in [2.05, 4.69) is 34.6 Å². The van der Waals surface area contributed by atoms with Crippen molar-refractivity contribution in [1.29, 1.82) is 0 Å². The molecule has 1 amide bonds. The van der Waals surface area contributed by atoms with Gasteiger partial charge in [0.15, 0.2) is 11.0 Å². The third-order valence-electron chi connectivity index (χ3n) is 3.69. The molecular weight excluding hydrogens is 352 g/mol. The number of hydrogen-bond acceptors (Lipinski definition) is 5. The van der Waals surface area contributed by atoms with Gasteiger partial charge in [-0.3, -0.25) is 4.79 Å². The third-order valence-corrected chi connectivity index (χ3v) is 5.57. The first-order valence-corrected chi connectivity index (χ1v) is 9.98. The van der Waals surface area contributed by atoms with Crippen LogP contribution in [0.15, 0.2) is 46.9 Å². The fourth-order valence-electron chi connectivity index (χ4n) is 2.43. The lowest BCUT2D eigenvalue weighted by atomic mass is 10.1. The Morgan fingerprint density at radius 3 is 2.72 bits per heavy atom. The molecule has 2 aromatic heterocycles. The molecular formula is C18H20N4OS2. The van der Waals surface area contributed by atoms with E-state index in [4.69, 9.17) is 0 Å². The highest BCUT2D eigenvalue weighted by Gasteiger charge is 2.13. The number of aryl methyl sites for hydroxylation is 1. The van der Waals surface area contributed by atoms with Crippen molar-refractivity contribution in [1.82, 2.24) is 14.8 Å². The van der Waals surface area contributed by atoms with Crippen LogP contribution in [0.2, 0.25) is 0 Å². The standard InChI is InChI=1S/C18H20N4OS2/c1-3-5-13-7-9-14(10-8-13)19-16(23)12-25-18-21-20-17(22(18)2)15-6-4-11-24-15/h4,6-11H,3,5,12H2,1-2H3,(H,19,23). The van der Waals surface area contributed by atoms with Crippen LogP contribution in [0.3, 0.4) is 0 Å². The summed E-state index contributed by atoms with van der Waals surface area (Å²) < 4.78 is 1.92. The summed E-state index contributed by atoms with van der Waals surface area (Å²) in [7, 11) is 1.92. The summed E-state index contributed by atoms with van der Waals surface area (Å²) in [6.07, 6.45) is 2.18. The smallest absolute Gasteiger partial charge is 0.234 e. The second-order valence-electron chi connectivity index (χ2n) is 5.63. The van der Waals surface area contributed by atoms with E-state index in [0.717, 1.165) is 34.4 Å². The van der Waals surface area contributed by atoms with Crippen LogP contribution in [-0.4, -0.2) is 26.4 Å². The summed E-state index contributed by atoms with van der Waals surface area (Å²) in [4.78, 5) is 13.2. The summed E-state index contributed by atoms with van der Waals surface area (Å²) in [6.45, 7) is 2.16. The van der Waals surface area contributed by atoms with Gasteiger partial charge in [-0.15, -0.1) is 21.5 Å². The number of thioether (sulfide) groups is 1. The van der Waals surface area contributed by atoms with Gasteiger partial charge in [0.2, 0.25) is 5.91 Å². The zero-order valence-electron chi connectivity index (χ0n) is 14.2. The Kier molecular flexibility index (Phi) is 5.88. The maximum Gasteiger partial charge on any atom is 0.234 e. The molecule has 0 saturated carbocycles. The molecule has 7 heteroatoms. The molecule has 0 bridgehead atoms. The van der Waals surface area contributed by atoms with Crippen molar-refractivity contribution < 1.29 is 4.79 Å². The average Bonchev–Trinajstić information content (AvgIpc) is 3.25. The van der Waals surface area contributed by atoms with Crippen LogP contribution in [0.1, 0.15) is 18.9 Å². The molecule has 0 atom stereocenters. The van der Waals surface area contributed by atoms with Gasteiger partial charge in [-0.2, -0.15) is 0 Å². The van der Waals surface area contributed by atoms with Gasteiger partial charge >= 0.3 is 0 Å². The Bertz CT molecular complexity index is 825. The van der Waals surface area contributed by atoms with Gasteiger partial charge in [0.05, 0.1) is 10.6 Å². The number of benzene rings is 1.